The number of carbonyl (C=O) groups is 1. The summed E-state index contributed by atoms with van der Waals surface area (Å²) in [4.78, 5) is 12.2. The van der Waals surface area contributed by atoms with Crippen LogP contribution < -0.4 is 5.43 Å². The van der Waals surface area contributed by atoms with Crippen LogP contribution in [0.2, 0.25) is 0 Å². The molecule has 0 aliphatic heterocycles. The summed E-state index contributed by atoms with van der Waals surface area (Å²) in [5.74, 6) is 0.240. The number of benzene rings is 2. The lowest BCUT2D eigenvalue weighted by atomic mass is 9.78. The van der Waals surface area contributed by atoms with Crippen molar-refractivity contribution in [2.45, 2.75) is 65.2 Å². The van der Waals surface area contributed by atoms with E-state index >= 15 is 0 Å². The molecule has 1 amide bonds. The van der Waals surface area contributed by atoms with E-state index in [9.17, 15) is 15.0 Å². The van der Waals surface area contributed by atoms with Gasteiger partial charge in [-0.25, -0.2) is 5.43 Å². The first-order valence-corrected chi connectivity index (χ1v) is 9.86. The van der Waals surface area contributed by atoms with Crippen LogP contribution in [0.1, 0.15) is 70.2 Å². The van der Waals surface area contributed by atoms with Crippen LogP contribution in [0.3, 0.4) is 0 Å². The Hall–Kier alpha value is -2.82. The van der Waals surface area contributed by atoms with E-state index in [-0.39, 0.29) is 28.9 Å². The zero-order valence-corrected chi connectivity index (χ0v) is 18.2. The minimum atomic E-state index is -0.209. The molecule has 0 saturated heterocycles. The smallest absolute Gasteiger partial charge is 0.240 e. The third kappa shape index (κ3) is 6.08. The molecular weight excluding hydrogens is 364 g/mol. The molecule has 2 aromatic rings. The second-order valence-corrected chi connectivity index (χ2v) is 9.39. The Balaban J connectivity index is 2.11. The molecule has 156 valence electrons. The predicted octanol–water partition coefficient (Wildman–Crippen LogP) is 4.78. The maximum atomic E-state index is 12.2. The number of phenolic OH excluding ortho intramolecular Hbond substituents is 2. The lowest BCUT2D eigenvalue weighted by molar-refractivity contribution is -0.121. The Morgan fingerprint density at radius 1 is 1.00 bits per heavy atom. The SMILES string of the molecule is CC(C)(C)c1cc(CCC(=O)N/N=C\c2ccccc2O)cc(C(C)(C)C)c1O. The van der Waals surface area contributed by atoms with E-state index in [0.717, 1.165) is 16.7 Å². The summed E-state index contributed by atoms with van der Waals surface area (Å²) < 4.78 is 0. The van der Waals surface area contributed by atoms with E-state index in [0.29, 0.717) is 17.7 Å². The van der Waals surface area contributed by atoms with Gasteiger partial charge in [0.05, 0.1) is 6.21 Å². The fourth-order valence-corrected chi connectivity index (χ4v) is 3.07. The van der Waals surface area contributed by atoms with Gasteiger partial charge in [-0.15, -0.1) is 0 Å². The maximum Gasteiger partial charge on any atom is 0.240 e. The second kappa shape index (κ2) is 8.68. The van der Waals surface area contributed by atoms with Gasteiger partial charge in [0.25, 0.3) is 0 Å². The molecule has 5 heteroatoms. The molecule has 2 aromatic carbocycles. The standard InChI is InChI=1S/C24H32N2O3/c1-23(2,3)18-13-16(14-19(22(18)29)24(4,5)6)11-12-21(28)26-25-15-17-9-7-8-10-20(17)27/h7-10,13-15,27,29H,11-12H2,1-6H3,(H,26,28)/b25-15-. The highest BCUT2D eigenvalue weighted by Crippen LogP contribution is 2.39. The number of nitrogens with one attached hydrogen (secondary N) is 1. The Bertz CT molecular complexity index is 868. The molecule has 0 saturated carbocycles. The van der Waals surface area contributed by atoms with Gasteiger partial charge < -0.3 is 10.2 Å². The van der Waals surface area contributed by atoms with Gasteiger partial charge >= 0.3 is 0 Å². The van der Waals surface area contributed by atoms with Crippen LogP contribution in [0.15, 0.2) is 41.5 Å². The lowest BCUT2D eigenvalue weighted by Crippen LogP contribution is -2.20. The maximum absolute atomic E-state index is 12.2. The van der Waals surface area contributed by atoms with E-state index in [1.807, 2.05) is 12.1 Å². The number of nitrogens with zero attached hydrogens (tertiary/aromatic N) is 1. The summed E-state index contributed by atoms with van der Waals surface area (Å²) in [5, 5.41) is 24.4. The molecule has 29 heavy (non-hydrogen) atoms. The van der Waals surface area contributed by atoms with Crippen molar-refractivity contribution >= 4 is 12.1 Å². The van der Waals surface area contributed by atoms with Crippen molar-refractivity contribution in [2.24, 2.45) is 5.10 Å². The van der Waals surface area contributed by atoms with Crippen molar-refractivity contribution in [2.75, 3.05) is 0 Å². The van der Waals surface area contributed by atoms with Crippen LogP contribution in [0.25, 0.3) is 0 Å². The van der Waals surface area contributed by atoms with Crippen molar-refractivity contribution in [3.8, 4) is 11.5 Å². The molecule has 0 radical (unpaired) electrons. The van der Waals surface area contributed by atoms with E-state index in [4.69, 9.17) is 0 Å². The lowest BCUT2D eigenvalue weighted by Gasteiger charge is -2.28. The first kappa shape index (κ1) is 22.5. The molecule has 0 aliphatic rings. The van der Waals surface area contributed by atoms with Gasteiger partial charge in [0, 0.05) is 12.0 Å². The first-order chi connectivity index (χ1) is 13.4. The monoisotopic (exact) mass is 396 g/mol. The molecule has 0 bridgehead atoms. The Kier molecular flexibility index (Phi) is 6.73. The first-order valence-electron chi connectivity index (χ1n) is 9.86. The topological polar surface area (TPSA) is 81.9 Å². The molecule has 0 aromatic heterocycles. The second-order valence-electron chi connectivity index (χ2n) is 9.39. The molecule has 0 atom stereocenters. The third-order valence-corrected chi connectivity index (χ3v) is 4.76. The summed E-state index contributed by atoms with van der Waals surface area (Å²) >= 11 is 0. The number of phenols is 2. The molecule has 0 aliphatic carbocycles. The van der Waals surface area contributed by atoms with Crippen molar-refractivity contribution in [1.82, 2.24) is 5.43 Å². The molecule has 0 heterocycles. The number of rotatable bonds is 5. The minimum absolute atomic E-state index is 0.110. The van der Waals surface area contributed by atoms with E-state index in [1.54, 1.807) is 24.3 Å². The Morgan fingerprint density at radius 2 is 1.55 bits per heavy atom. The van der Waals surface area contributed by atoms with Crippen LogP contribution in [-0.4, -0.2) is 22.3 Å². The average molecular weight is 397 g/mol. The number of hydrazone groups is 1. The van der Waals surface area contributed by atoms with E-state index < -0.39 is 0 Å². The van der Waals surface area contributed by atoms with Crippen molar-refractivity contribution in [3.63, 3.8) is 0 Å². The fourth-order valence-electron chi connectivity index (χ4n) is 3.07. The van der Waals surface area contributed by atoms with Gasteiger partial charge in [-0.1, -0.05) is 65.8 Å². The van der Waals surface area contributed by atoms with Crippen molar-refractivity contribution < 1.29 is 15.0 Å². The molecule has 0 spiro atoms. The number of aryl methyl sites for hydroxylation is 1. The molecule has 2 rings (SSSR count). The molecule has 0 fully saturated rings. The normalized spacial score (nSPS) is 12.3. The number of aromatic hydroxyl groups is 2. The molecule has 0 unspecified atom stereocenters. The number of para-hydroxylation sites is 1. The summed E-state index contributed by atoms with van der Waals surface area (Å²) in [6.45, 7) is 12.4. The summed E-state index contributed by atoms with van der Waals surface area (Å²) in [6.07, 6.45) is 2.24. The molecule has 5 nitrogen and oxygen atoms in total. The van der Waals surface area contributed by atoms with E-state index in [2.05, 4.69) is 52.1 Å². The van der Waals surface area contributed by atoms with Gasteiger partial charge in [0.15, 0.2) is 0 Å². The highest BCUT2D eigenvalue weighted by atomic mass is 16.3. The van der Waals surface area contributed by atoms with Crippen LogP contribution in [0, 0.1) is 0 Å². The van der Waals surface area contributed by atoms with Gasteiger partial charge in [-0.3, -0.25) is 4.79 Å². The number of amides is 1. The van der Waals surface area contributed by atoms with Crippen LogP contribution in [0.4, 0.5) is 0 Å². The zero-order valence-electron chi connectivity index (χ0n) is 18.2. The number of carbonyl (C=O) groups excluding carboxylic acids is 1. The highest BCUT2D eigenvalue weighted by Gasteiger charge is 2.26. The minimum Gasteiger partial charge on any atom is -0.507 e. The third-order valence-electron chi connectivity index (χ3n) is 4.76. The molecular formula is C24H32N2O3. The average Bonchev–Trinajstić information content (AvgIpc) is 2.60. The zero-order chi connectivity index (χ0) is 21.8. The number of hydrogen-bond acceptors (Lipinski definition) is 4. The van der Waals surface area contributed by atoms with Gasteiger partial charge in [-0.05, 0) is 46.1 Å². The van der Waals surface area contributed by atoms with Crippen molar-refractivity contribution in [1.29, 1.82) is 0 Å². The summed E-state index contributed by atoms with van der Waals surface area (Å²) in [7, 11) is 0. The quantitative estimate of drug-likeness (QED) is 0.503. The van der Waals surface area contributed by atoms with Crippen LogP contribution in [0.5, 0.6) is 11.5 Å². The fraction of sp³-hybridized carbons (Fsp3) is 0.417. The Morgan fingerprint density at radius 3 is 2.07 bits per heavy atom. The summed E-state index contributed by atoms with van der Waals surface area (Å²) in [6, 6.07) is 10.8. The van der Waals surface area contributed by atoms with Crippen LogP contribution >= 0.6 is 0 Å². The van der Waals surface area contributed by atoms with Gasteiger partial charge in [0.1, 0.15) is 11.5 Å². The largest absolute Gasteiger partial charge is 0.507 e. The summed E-state index contributed by atoms with van der Waals surface area (Å²) in [5.41, 5.74) is 5.42. The van der Waals surface area contributed by atoms with E-state index in [1.165, 1.54) is 6.21 Å². The Labute approximate surface area is 173 Å². The number of hydrogen-bond donors (Lipinski definition) is 3. The molecule has 3 N–H and O–H groups in total. The predicted molar refractivity (Wildman–Crippen MR) is 118 cm³/mol. The van der Waals surface area contributed by atoms with Gasteiger partial charge in [0.2, 0.25) is 5.91 Å². The van der Waals surface area contributed by atoms with Crippen LogP contribution in [-0.2, 0) is 22.0 Å². The van der Waals surface area contributed by atoms with Gasteiger partial charge in [-0.2, -0.15) is 5.10 Å². The highest BCUT2D eigenvalue weighted by molar-refractivity contribution is 5.85. The van der Waals surface area contributed by atoms with Crippen molar-refractivity contribution in [3.05, 3.63) is 58.7 Å².